The fourth-order valence-electron chi connectivity index (χ4n) is 3.88. The van der Waals surface area contributed by atoms with Crippen LogP contribution in [0.2, 0.25) is 0 Å². The fraction of sp³-hybridized carbons (Fsp3) is 0.333. The predicted molar refractivity (Wildman–Crippen MR) is 122 cm³/mol. The Morgan fingerprint density at radius 1 is 0.969 bits per heavy atom. The van der Waals surface area contributed by atoms with E-state index in [1.165, 1.54) is 28.6 Å². The molecule has 9 nitrogen and oxygen atoms in total. The van der Waals surface area contributed by atoms with Crippen molar-refractivity contribution in [2.45, 2.75) is 20.3 Å². The lowest BCUT2D eigenvalue weighted by Crippen LogP contribution is -2.32. The first-order chi connectivity index (χ1) is 14.9. The van der Waals surface area contributed by atoms with Crippen LogP contribution < -0.4 is 13.9 Å². The molecule has 2 aromatic carbocycles. The summed E-state index contributed by atoms with van der Waals surface area (Å²) < 4.78 is 51.2. The lowest BCUT2D eigenvalue weighted by atomic mass is 9.95. The summed E-state index contributed by atoms with van der Waals surface area (Å²) >= 11 is 0. The molecule has 11 heteroatoms. The summed E-state index contributed by atoms with van der Waals surface area (Å²) in [5.41, 5.74) is 0.339. The first-order valence-electron chi connectivity index (χ1n) is 10.0. The Morgan fingerprint density at radius 3 is 2.22 bits per heavy atom. The van der Waals surface area contributed by atoms with Crippen molar-refractivity contribution >= 4 is 48.9 Å². The maximum Gasteiger partial charge on any atom is 0.255 e. The van der Waals surface area contributed by atoms with Crippen LogP contribution in [-0.4, -0.2) is 46.7 Å². The molecule has 0 aliphatic carbocycles. The van der Waals surface area contributed by atoms with Gasteiger partial charge in [-0.15, -0.1) is 0 Å². The van der Waals surface area contributed by atoms with E-state index in [4.69, 9.17) is 0 Å². The number of rotatable bonds is 4. The van der Waals surface area contributed by atoms with Crippen molar-refractivity contribution in [3.63, 3.8) is 0 Å². The zero-order valence-corrected chi connectivity index (χ0v) is 19.2. The lowest BCUT2D eigenvalue weighted by Gasteiger charge is -2.18. The van der Waals surface area contributed by atoms with Gasteiger partial charge in [0.1, 0.15) is 0 Å². The summed E-state index contributed by atoms with van der Waals surface area (Å²) in [7, 11) is -7.11. The van der Waals surface area contributed by atoms with Crippen LogP contribution in [0, 0.1) is 5.41 Å². The molecule has 4 rings (SSSR count). The van der Waals surface area contributed by atoms with Gasteiger partial charge in [0.15, 0.2) is 0 Å². The zero-order valence-electron chi connectivity index (χ0n) is 17.6. The van der Waals surface area contributed by atoms with E-state index < -0.39 is 37.3 Å². The Bertz CT molecular complexity index is 1300. The highest BCUT2D eigenvalue weighted by molar-refractivity contribution is 7.94. The summed E-state index contributed by atoms with van der Waals surface area (Å²) in [6.45, 7) is 3.56. The number of hydrogen-bond donors (Lipinski definition) is 1. The number of carbonyl (C=O) groups is 2. The second-order valence-corrected chi connectivity index (χ2v) is 12.3. The molecule has 2 saturated heterocycles. The molecule has 2 aliphatic rings. The Balaban J connectivity index is 1.52. The number of nitrogens with one attached hydrogen (secondary N) is 1. The third kappa shape index (κ3) is 3.97. The van der Waals surface area contributed by atoms with Crippen LogP contribution in [0.15, 0.2) is 48.5 Å². The monoisotopic (exact) mass is 477 g/mol. The summed E-state index contributed by atoms with van der Waals surface area (Å²) in [5.74, 6) is -1.13. The van der Waals surface area contributed by atoms with E-state index >= 15 is 0 Å². The third-order valence-corrected chi connectivity index (χ3v) is 9.33. The van der Waals surface area contributed by atoms with Crippen LogP contribution in [0.4, 0.5) is 17.1 Å². The molecule has 0 spiro atoms. The lowest BCUT2D eigenvalue weighted by molar-refractivity contribution is -0.123. The molecule has 0 bridgehead atoms. The molecular weight excluding hydrogens is 454 g/mol. The first kappa shape index (κ1) is 22.3. The zero-order chi connectivity index (χ0) is 23.3. The van der Waals surface area contributed by atoms with Gasteiger partial charge >= 0.3 is 0 Å². The van der Waals surface area contributed by atoms with Crippen molar-refractivity contribution in [1.29, 1.82) is 0 Å². The molecule has 170 valence electrons. The van der Waals surface area contributed by atoms with E-state index in [-0.39, 0.29) is 22.8 Å². The van der Waals surface area contributed by atoms with Crippen LogP contribution in [0.1, 0.15) is 30.6 Å². The van der Waals surface area contributed by atoms with E-state index in [9.17, 15) is 26.4 Å². The molecule has 0 unspecified atom stereocenters. The van der Waals surface area contributed by atoms with Gasteiger partial charge in [0.2, 0.25) is 26.0 Å². The van der Waals surface area contributed by atoms with Crippen molar-refractivity contribution in [2.24, 2.45) is 5.41 Å². The van der Waals surface area contributed by atoms with Gasteiger partial charge in [0.25, 0.3) is 5.91 Å². The summed E-state index contributed by atoms with van der Waals surface area (Å²) in [6.07, 6.45) is 0.553. The SMILES string of the molecule is CC1(C)CS(=O)(=O)N(c2ccc(C(=O)Nc3cccc(N4CCCS4(=O)=O)c3)cc2)C1=O. The molecular formula is C21H23N3O6S2. The largest absolute Gasteiger partial charge is 0.322 e. The fourth-order valence-corrected chi connectivity index (χ4v) is 7.54. The standard InChI is InChI=1S/C21H23N3O6S2/c1-21(2)14-32(29,30)24(20(21)26)17-9-7-15(8-10-17)19(25)22-16-5-3-6-18(13-16)23-11-4-12-31(23,27)28/h3,5-10,13H,4,11-12,14H2,1-2H3,(H,22,25). The minimum Gasteiger partial charge on any atom is -0.322 e. The second-order valence-electron chi connectivity index (χ2n) is 8.50. The summed E-state index contributed by atoms with van der Waals surface area (Å²) in [4.78, 5) is 25.2. The van der Waals surface area contributed by atoms with Crippen molar-refractivity contribution in [3.05, 3.63) is 54.1 Å². The van der Waals surface area contributed by atoms with E-state index in [0.717, 1.165) is 4.31 Å². The van der Waals surface area contributed by atoms with Gasteiger partial charge in [-0.05, 0) is 62.7 Å². The average Bonchev–Trinajstić information content (AvgIpc) is 3.14. The predicted octanol–water partition coefficient (Wildman–Crippen LogP) is 2.18. The highest BCUT2D eigenvalue weighted by atomic mass is 32.2. The van der Waals surface area contributed by atoms with E-state index in [0.29, 0.717) is 24.3 Å². The molecule has 0 aromatic heterocycles. The van der Waals surface area contributed by atoms with E-state index in [1.54, 1.807) is 38.1 Å². The van der Waals surface area contributed by atoms with E-state index in [1.807, 2.05) is 0 Å². The van der Waals surface area contributed by atoms with E-state index in [2.05, 4.69) is 5.32 Å². The Morgan fingerprint density at radius 2 is 1.66 bits per heavy atom. The third-order valence-electron chi connectivity index (χ3n) is 5.44. The summed E-state index contributed by atoms with van der Waals surface area (Å²) in [6, 6.07) is 12.3. The Labute approximate surface area is 187 Å². The minimum absolute atomic E-state index is 0.0996. The molecule has 2 aliphatic heterocycles. The molecule has 0 saturated carbocycles. The van der Waals surface area contributed by atoms with Gasteiger partial charge in [-0.3, -0.25) is 13.9 Å². The molecule has 0 atom stereocenters. The van der Waals surface area contributed by atoms with Crippen molar-refractivity contribution in [2.75, 3.05) is 32.0 Å². The number of sulfonamides is 2. The van der Waals surface area contributed by atoms with Crippen LogP contribution in [0.25, 0.3) is 0 Å². The molecule has 2 heterocycles. The number of carbonyl (C=O) groups excluding carboxylic acids is 2. The maximum absolute atomic E-state index is 12.7. The number of anilines is 3. The molecule has 1 N–H and O–H groups in total. The van der Waals surface area contributed by atoms with Crippen LogP contribution in [0.5, 0.6) is 0 Å². The molecule has 2 fully saturated rings. The molecule has 2 aromatic rings. The quantitative estimate of drug-likeness (QED) is 0.721. The highest BCUT2D eigenvalue weighted by Crippen LogP contribution is 2.35. The minimum atomic E-state index is -3.77. The normalized spacial score (nSPS) is 21.0. The number of nitrogens with zero attached hydrogens (tertiary/aromatic N) is 2. The molecule has 0 radical (unpaired) electrons. The van der Waals surface area contributed by atoms with Gasteiger partial charge in [-0.1, -0.05) is 6.07 Å². The Hall–Kier alpha value is -2.92. The van der Waals surface area contributed by atoms with Crippen molar-refractivity contribution < 1.29 is 26.4 Å². The maximum atomic E-state index is 12.7. The van der Waals surface area contributed by atoms with Crippen molar-refractivity contribution in [3.8, 4) is 0 Å². The second kappa shape index (κ2) is 7.59. The van der Waals surface area contributed by atoms with Gasteiger partial charge in [0, 0.05) is 17.8 Å². The molecule has 2 amide bonds. The van der Waals surface area contributed by atoms with Gasteiger partial charge in [-0.2, -0.15) is 0 Å². The highest BCUT2D eigenvalue weighted by Gasteiger charge is 2.49. The molecule has 32 heavy (non-hydrogen) atoms. The smallest absolute Gasteiger partial charge is 0.255 e. The van der Waals surface area contributed by atoms with Crippen molar-refractivity contribution in [1.82, 2.24) is 0 Å². The van der Waals surface area contributed by atoms with Gasteiger partial charge in [0.05, 0.1) is 28.3 Å². The van der Waals surface area contributed by atoms with Gasteiger partial charge < -0.3 is 5.32 Å². The number of amides is 2. The first-order valence-corrected chi connectivity index (χ1v) is 13.2. The topological polar surface area (TPSA) is 121 Å². The van der Waals surface area contributed by atoms with Crippen LogP contribution in [-0.2, 0) is 24.8 Å². The van der Waals surface area contributed by atoms with Gasteiger partial charge in [-0.25, -0.2) is 21.1 Å². The summed E-state index contributed by atoms with van der Waals surface area (Å²) in [5, 5.41) is 2.72. The van der Waals surface area contributed by atoms with Crippen LogP contribution in [0.3, 0.4) is 0 Å². The number of benzene rings is 2. The van der Waals surface area contributed by atoms with Crippen LogP contribution >= 0.6 is 0 Å². The average molecular weight is 478 g/mol. The number of hydrogen-bond acceptors (Lipinski definition) is 6. The Kier molecular flexibility index (Phi) is 5.29.